The number of aryl methyl sites for hydroxylation is 1. The smallest absolute Gasteiger partial charge is 0.312 e. The van der Waals surface area contributed by atoms with Gasteiger partial charge in [0.25, 0.3) is 0 Å². The second kappa shape index (κ2) is 5.72. The van der Waals surface area contributed by atoms with Crippen molar-refractivity contribution in [3.05, 3.63) is 38.5 Å². The van der Waals surface area contributed by atoms with E-state index in [9.17, 15) is 14.9 Å². The van der Waals surface area contributed by atoms with Crippen molar-refractivity contribution < 1.29 is 9.72 Å². The van der Waals surface area contributed by atoms with Crippen LogP contribution < -0.4 is 5.32 Å². The van der Waals surface area contributed by atoms with Gasteiger partial charge in [0.2, 0.25) is 5.91 Å². The van der Waals surface area contributed by atoms with E-state index >= 15 is 0 Å². The quantitative estimate of drug-likeness (QED) is 0.685. The lowest BCUT2D eigenvalue weighted by molar-refractivity contribution is -0.386. The molecule has 1 amide bonds. The zero-order chi connectivity index (χ0) is 15.6. The Kier molecular flexibility index (Phi) is 4.00. The van der Waals surface area contributed by atoms with Crippen molar-refractivity contribution in [2.45, 2.75) is 20.4 Å². The van der Waals surface area contributed by atoms with Crippen LogP contribution in [0.1, 0.15) is 17.0 Å². The first kappa shape index (κ1) is 14.7. The third-order valence-electron chi connectivity index (χ3n) is 2.86. The molecule has 8 nitrogen and oxygen atoms in total. The maximum Gasteiger partial charge on any atom is 0.312 e. The summed E-state index contributed by atoms with van der Waals surface area (Å²) in [6.45, 7) is 2.91. The number of hydrogen-bond acceptors (Lipinski definition) is 6. The molecule has 108 valence electrons. The highest BCUT2D eigenvalue weighted by Gasteiger charge is 2.22. The average Bonchev–Trinajstić information content (AvgIpc) is 2.94. The molecule has 0 unspecified atom stereocenters. The van der Waals surface area contributed by atoms with E-state index in [0.29, 0.717) is 16.3 Å². The molecule has 0 saturated heterocycles. The Balaban J connectivity index is 2.16. The van der Waals surface area contributed by atoms with Crippen LogP contribution in [0.3, 0.4) is 0 Å². The summed E-state index contributed by atoms with van der Waals surface area (Å²) in [5.74, 6) is -0.394. The van der Waals surface area contributed by atoms with Crippen molar-refractivity contribution in [3.8, 4) is 6.07 Å². The van der Waals surface area contributed by atoms with Crippen molar-refractivity contribution in [1.29, 1.82) is 5.26 Å². The molecular weight excluding hydrogens is 294 g/mol. The Morgan fingerprint density at radius 3 is 2.90 bits per heavy atom. The first-order chi connectivity index (χ1) is 9.93. The predicted octanol–water partition coefficient (Wildman–Crippen LogP) is 1.98. The molecule has 2 aromatic heterocycles. The molecule has 0 aliphatic carbocycles. The van der Waals surface area contributed by atoms with Gasteiger partial charge in [0.1, 0.15) is 29.0 Å². The number of rotatable bonds is 4. The van der Waals surface area contributed by atoms with Crippen LogP contribution in [0, 0.1) is 35.3 Å². The summed E-state index contributed by atoms with van der Waals surface area (Å²) >= 11 is 1.24. The molecule has 0 bridgehead atoms. The summed E-state index contributed by atoms with van der Waals surface area (Å²) in [5, 5.41) is 28.5. The van der Waals surface area contributed by atoms with Crippen molar-refractivity contribution in [1.82, 2.24) is 9.78 Å². The van der Waals surface area contributed by atoms with Crippen LogP contribution in [0.5, 0.6) is 0 Å². The second-order valence-electron chi connectivity index (χ2n) is 4.26. The van der Waals surface area contributed by atoms with Crippen molar-refractivity contribution in [2.75, 3.05) is 5.32 Å². The summed E-state index contributed by atoms with van der Waals surface area (Å²) < 4.78 is 1.28. The van der Waals surface area contributed by atoms with Gasteiger partial charge in [0.05, 0.1) is 10.5 Å². The van der Waals surface area contributed by atoms with Crippen molar-refractivity contribution in [3.63, 3.8) is 0 Å². The van der Waals surface area contributed by atoms with Crippen LogP contribution in [0.25, 0.3) is 0 Å². The molecule has 0 aromatic carbocycles. The number of hydrogen-bond donors (Lipinski definition) is 1. The molecule has 0 atom stereocenters. The lowest BCUT2D eigenvalue weighted by Crippen LogP contribution is -2.20. The van der Waals surface area contributed by atoms with Gasteiger partial charge in [0.15, 0.2) is 0 Å². The van der Waals surface area contributed by atoms with E-state index in [1.54, 1.807) is 11.4 Å². The molecule has 0 radical (unpaired) electrons. The van der Waals surface area contributed by atoms with Crippen molar-refractivity contribution >= 4 is 27.9 Å². The van der Waals surface area contributed by atoms with Crippen LogP contribution in [0.15, 0.2) is 11.4 Å². The SMILES string of the molecule is Cc1nn(CC(=O)Nc2sccc2C#N)c(C)c1[N+](=O)[O-]. The standard InChI is InChI=1S/C12H11N5O3S/c1-7-11(17(19)20)8(2)16(15-7)6-10(18)14-12-9(5-13)3-4-21-12/h3-4H,6H2,1-2H3,(H,14,18). The Labute approximate surface area is 123 Å². The maximum atomic E-state index is 11.9. The minimum atomic E-state index is -0.515. The molecule has 2 aromatic rings. The number of carbonyl (C=O) groups is 1. The number of nitriles is 1. The van der Waals surface area contributed by atoms with E-state index in [2.05, 4.69) is 10.4 Å². The van der Waals surface area contributed by atoms with Crippen LogP contribution >= 0.6 is 11.3 Å². The molecule has 9 heteroatoms. The van der Waals surface area contributed by atoms with Gasteiger partial charge in [-0.05, 0) is 25.3 Å². The number of nitro groups is 1. The topological polar surface area (TPSA) is 114 Å². The fraction of sp³-hybridized carbons (Fsp3) is 0.250. The first-order valence-electron chi connectivity index (χ1n) is 5.90. The van der Waals surface area contributed by atoms with Crippen molar-refractivity contribution in [2.24, 2.45) is 0 Å². The van der Waals surface area contributed by atoms with E-state index in [-0.39, 0.29) is 17.9 Å². The summed E-state index contributed by atoms with van der Waals surface area (Å²) in [6, 6.07) is 3.57. The molecule has 0 aliphatic heterocycles. The summed E-state index contributed by atoms with van der Waals surface area (Å²) in [7, 11) is 0. The maximum absolute atomic E-state index is 11.9. The fourth-order valence-electron chi connectivity index (χ4n) is 1.90. The Hall–Kier alpha value is -2.73. The molecule has 21 heavy (non-hydrogen) atoms. The van der Waals surface area contributed by atoms with Gasteiger partial charge < -0.3 is 5.32 Å². The van der Waals surface area contributed by atoms with Crippen LogP contribution in [0.4, 0.5) is 10.7 Å². The number of anilines is 1. The molecule has 2 rings (SSSR count). The molecule has 0 fully saturated rings. The summed E-state index contributed by atoms with van der Waals surface area (Å²) in [6.07, 6.45) is 0. The number of carbonyl (C=O) groups excluding carboxylic acids is 1. The molecule has 2 heterocycles. The highest BCUT2D eigenvalue weighted by molar-refractivity contribution is 7.14. The van der Waals surface area contributed by atoms with E-state index in [0.717, 1.165) is 0 Å². The minimum absolute atomic E-state index is 0.0864. The van der Waals surface area contributed by atoms with Gasteiger partial charge in [-0.1, -0.05) is 0 Å². The third-order valence-corrected chi connectivity index (χ3v) is 3.69. The van der Waals surface area contributed by atoms with Gasteiger partial charge in [-0.15, -0.1) is 11.3 Å². The summed E-state index contributed by atoms with van der Waals surface area (Å²) in [4.78, 5) is 22.3. The van der Waals surface area contributed by atoms with Crippen LogP contribution in [-0.4, -0.2) is 20.6 Å². The van der Waals surface area contributed by atoms with E-state index in [1.807, 2.05) is 6.07 Å². The second-order valence-corrected chi connectivity index (χ2v) is 5.17. The third kappa shape index (κ3) is 2.90. The van der Waals surface area contributed by atoms with Crippen LogP contribution in [0.2, 0.25) is 0 Å². The van der Waals surface area contributed by atoms with Gasteiger partial charge in [0, 0.05) is 0 Å². The van der Waals surface area contributed by atoms with Gasteiger partial charge in [-0.3, -0.25) is 19.6 Å². The Morgan fingerprint density at radius 1 is 1.62 bits per heavy atom. The largest absolute Gasteiger partial charge is 0.315 e. The van der Waals surface area contributed by atoms with E-state index < -0.39 is 10.8 Å². The van der Waals surface area contributed by atoms with Crippen LogP contribution in [-0.2, 0) is 11.3 Å². The average molecular weight is 305 g/mol. The first-order valence-corrected chi connectivity index (χ1v) is 6.77. The lowest BCUT2D eigenvalue weighted by Gasteiger charge is -2.04. The number of aromatic nitrogens is 2. The molecule has 1 N–H and O–H groups in total. The molecular formula is C12H11N5O3S. The highest BCUT2D eigenvalue weighted by atomic mass is 32.1. The van der Waals surface area contributed by atoms with Gasteiger partial charge >= 0.3 is 5.69 Å². The molecule has 0 spiro atoms. The summed E-state index contributed by atoms with van der Waals surface area (Å²) in [5.41, 5.74) is 0.878. The normalized spacial score (nSPS) is 10.1. The molecule has 0 aliphatic rings. The minimum Gasteiger partial charge on any atom is -0.315 e. The Bertz CT molecular complexity index is 756. The number of amides is 1. The number of nitrogens with one attached hydrogen (secondary N) is 1. The number of thiophene rings is 1. The lowest BCUT2D eigenvalue weighted by atomic mass is 10.3. The van der Waals surface area contributed by atoms with Gasteiger partial charge in [-0.25, -0.2) is 0 Å². The zero-order valence-corrected chi connectivity index (χ0v) is 12.1. The predicted molar refractivity (Wildman–Crippen MR) is 76.0 cm³/mol. The van der Waals surface area contributed by atoms with E-state index in [4.69, 9.17) is 5.26 Å². The highest BCUT2D eigenvalue weighted by Crippen LogP contribution is 2.23. The Morgan fingerprint density at radius 2 is 2.33 bits per heavy atom. The zero-order valence-electron chi connectivity index (χ0n) is 11.3. The fourth-order valence-corrected chi connectivity index (χ4v) is 2.66. The monoisotopic (exact) mass is 305 g/mol. The number of nitrogens with zero attached hydrogens (tertiary/aromatic N) is 4. The van der Waals surface area contributed by atoms with Gasteiger partial charge in [-0.2, -0.15) is 10.4 Å². The van der Waals surface area contributed by atoms with E-state index in [1.165, 1.54) is 29.9 Å². The molecule has 0 saturated carbocycles.